The Labute approximate surface area is 186 Å². The number of nitrogens with zero attached hydrogens (tertiary/aromatic N) is 1. The van der Waals surface area contributed by atoms with E-state index in [1.54, 1.807) is 24.3 Å². The van der Waals surface area contributed by atoms with Crippen LogP contribution in [-0.2, 0) is 14.8 Å². The summed E-state index contributed by atoms with van der Waals surface area (Å²) >= 11 is 0.929. The van der Waals surface area contributed by atoms with E-state index in [0.717, 1.165) is 30.6 Å². The number of thiophene rings is 1. The molecule has 0 atom stereocenters. The van der Waals surface area contributed by atoms with Crippen molar-refractivity contribution < 1.29 is 35.9 Å². The fourth-order valence-corrected chi connectivity index (χ4v) is 6.08. The summed E-state index contributed by atoms with van der Waals surface area (Å²) in [7, 11) is -3.33. The Morgan fingerprint density at radius 2 is 1.69 bits per heavy atom. The average Bonchev–Trinajstić information content (AvgIpc) is 3.11. The number of anilines is 1. The van der Waals surface area contributed by atoms with Crippen molar-refractivity contribution in [3.05, 3.63) is 59.7 Å². The number of fused-ring (bicyclic) bond motifs is 1. The van der Waals surface area contributed by atoms with Gasteiger partial charge in [-0.3, -0.25) is 9.10 Å². The van der Waals surface area contributed by atoms with Gasteiger partial charge in [0, 0.05) is 16.6 Å². The number of benzene rings is 2. The standard InChI is InChI=1S/C21H18F3NO5S2/c1-13(26)18-16-5-3-4-6-17(16)31-19(18)25(12-11-21(22,23)24)32(28,29)15-9-7-14(8-10-15)20(27)30-2/h3-10H,11-12H2,1-2H3. The van der Waals surface area contributed by atoms with Crippen LogP contribution in [0.25, 0.3) is 10.1 Å². The Bertz CT molecular complexity index is 1260. The van der Waals surface area contributed by atoms with E-state index in [1.165, 1.54) is 19.1 Å². The van der Waals surface area contributed by atoms with Crippen LogP contribution < -0.4 is 4.31 Å². The Morgan fingerprint density at radius 1 is 1.06 bits per heavy atom. The molecule has 1 heterocycles. The number of hydrogen-bond donors (Lipinski definition) is 0. The number of ether oxygens (including phenoxy) is 1. The molecule has 0 N–H and O–H groups in total. The molecular formula is C21H18F3NO5S2. The molecule has 6 nitrogen and oxygen atoms in total. The van der Waals surface area contributed by atoms with Gasteiger partial charge in [-0.15, -0.1) is 11.3 Å². The molecule has 0 aliphatic carbocycles. The molecule has 0 saturated heterocycles. The molecule has 0 fully saturated rings. The van der Waals surface area contributed by atoms with E-state index >= 15 is 0 Å². The molecule has 1 aromatic heterocycles. The highest BCUT2D eigenvalue weighted by Gasteiger charge is 2.35. The van der Waals surface area contributed by atoms with Gasteiger partial charge < -0.3 is 4.74 Å². The zero-order valence-electron chi connectivity index (χ0n) is 17.0. The van der Waals surface area contributed by atoms with E-state index in [1.807, 2.05) is 0 Å². The van der Waals surface area contributed by atoms with Crippen LogP contribution >= 0.6 is 11.3 Å². The Morgan fingerprint density at radius 3 is 2.25 bits per heavy atom. The zero-order chi connectivity index (χ0) is 23.7. The predicted molar refractivity (Wildman–Crippen MR) is 115 cm³/mol. The van der Waals surface area contributed by atoms with E-state index in [-0.39, 0.29) is 21.0 Å². The Hall–Kier alpha value is -2.92. The van der Waals surface area contributed by atoms with Gasteiger partial charge in [-0.25, -0.2) is 13.2 Å². The molecule has 3 rings (SSSR count). The smallest absolute Gasteiger partial charge is 0.390 e. The van der Waals surface area contributed by atoms with Gasteiger partial charge in [-0.1, -0.05) is 18.2 Å². The van der Waals surface area contributed by atoms with E-state index in [0.29, 0.717) is 14.4 Å². The van der Waals surface area contributed by atoms with Gasteiger partial charge in [0.1, 0.15) is 5.00 Å². The number of esters is 1. The molecule has 0 unspecified atom stereocenters. The first kappa shape index (κ1) is 23.7. The van der Waals surface area contributed by atoms with E-state index < -0.39 is 40.9 Å². The van der Waals surface area contributed by atoms with Crippen molar-refractivity contribution in [3.8, 4) is 0 Å². The van der Waals surface area contributed by atoms with Gasteiger partial charge in [0.2, 0.25) is 0 Å². The number of methoxy groups -OCH3 is 1. The predicted octanol–water partition coefficient (Wildman–Crippen LogP) is 5.04. The maximum Gasteiger partial charge on any atom is 0.390 e. The van der Waals surface area contributed by atoms with Gasteiger partial charge in [-0.2, -0.15) is 13.2 Å². The van der Waals surface area contributed by atoms with Crippen molar-refractivity contribution in [1.82, 2.24) is 0 Å². The fourth-order valence-electron chi connectivity index (χ4n) is 3.12. The molecule has 170 valence electrons. The first-order valence-corrected chi connectivity index (χ1v) is 11.5. The van der Waals surface area contributed by atoms with Gasteiger partial charge in [0.15, 0.2) is 5.78 Å². The lowest BCUT2D eigenvalue weighted by atomic mass is 10.1. The summed E-state index contributed by atoms with van der Waals surface area (Å²) < 4.78 is 71.6. The number of alkyl halides is 3. The summed E-state index contributed by atoms with van der Waals surface area (Å²) in [5.41, 5.74) is 0.127. The second kappa shape index (κ2) is 8.91. The Balaban J connectivity index is 2.17. The van der Waals surface area contributed by atoms with Crippen molar-refractivity contribution in [2.75, 3.05) is 18.0 Å². The number of hydrogen-bond acceptors (Lipinski definition) is 6. The molecule has 0 amide bonds. The van der Waals surface area contributed by atoms with Gasteiger partial charge in [0.05, 0.1) is 29.6 Å². The third-order valence-corrected chi connectivity index (χ3v) is 7.74. The quantitative estimate of drug-likeness (QED) is 0.346. The fraction of sp³-hybridized carbons (Fsp3) is 0.238. The van der Waals surface area contributed by atoms with Crippen LogP contribution in [0.2, 0.25) is 0 Å². The summed E-state index contributed by atoms with van der Waals surface area (Å²) in [4.78, 5) is 23.7. The second-order valence-corrected chi connectivity index (χ2v) is 9.69. The molecule has 0 saturated carbocycles. The summed E-state index contributed by atoms with van der Waals surface area (Å²) in [5.74, 6) is -1.16. The third kappa shape index (κ3) is 4.78. The zero-order valence-corrected chi connectivity index (χ0v) is 18.6. The van der Waals surface area contributed by atoms with E-state index in [2.05, 4.69) is 4.74 Å². The number of ketones is 1. The van der Waals surface area contributed by atoms with E-state index in [4.69, 9.17) is 0 Å². The minimum Gasteiger partial charge on any atom is -0.465 e. The molecular weight excluding hydrogens is 467 g/mol. The number of sulfonamides is 1. The van der Waals surface area contributed by atoms with Crippen molar-refractivity contribution in [1.29, 1.82) is 0 Å². The highest BCUT2D eigenvalue weighted by molar-refractivity contribution is 7.93. The molecule has 0 aliphatic heterocycles. The number of carbonyl (C=O) groups is 2. The van der Waals surface area contributed by atoms with E-state index in [9.17, 15) is 31.2 Å². The largest absolute Gasteiger partial charge is 0.465 e. The monoisotopic (exact) mass is 485 g/mol. The molecule has 0 bridgehead atoms. The topological polar surface area (TPSA) is 80.8 Å². The minimum atomic E-state index is -4.62. The first-order chi connectivity index (χ1) is 15.0. The third-order valence-electron chi connectivity index (χ3n) is 4.62. The van der Waals surface area contributed by atoms with Crippen LogP contribution in [0.3, 0.4) is 0 Å². The van der Waals surface area contributed by atoms with Crippen molar-refractivity contribution in [2.45, 2.75) is 24.4 Å². The van der Waals surface area contributed by atoms with Gasteiger partial charge >= 0.3 is 12.1 Å². The molecule has 3 aromatic rings. The SMILES string of the molecule is COC(=O)c1ccc(S(=O)(=O)N(CCC(F)(F)F)c2sc3ccccc3c2C(C)=O)cc1. The lowest BCUT2D eigenvalue weighted by Gasteiger charge is -2.24. The van der Waals surface area contributed by atoms with Crippen LogP contribution in [-0.4, -0.2) is 40.0 Å². The van der Waals surface area contributed by atoms with Gasteiger partial charge in [-0.05, 0) is 37.3 Å². The van der Waals surface area contributed by atoms with Crippen LogP contribution in [0.4, 0.5) is 18.2 Å². The normalized spacial score (nSPS) is 12.0. The first-order valence-electron chi connectivity index (χ1n) is 9.26. The molecule has 0 aliphatic rings. The summed E-state index contributed by atoms with van der Waals surface area (Å²) in [5, 5.41) is 0.383. The molecule has 11 heteroatoms. The maximum atomic E-state index is 13.4. The highest BCUT2D eigenvalue weighted by atomic mass is 32.2. The average molecular weight is 486 g/mol. The highest BCUT2D eigenvalue weighted by Crippen LogP contribution is 2.41. The molecule has 32 heavy (non-hydrogen) atoms. The van der Waals surface area contributed by atoms with Crippen LogP contribution in [0.5, 0.6) is 0 Å². The molecule has 0 spiro atoms. The maximum absolute atomic E-state index is 13.4. The van der Waals surface area contributed by atoms with Crippen molar-refractivity contribution >= 4 is 48.2 Å². The molecule has 2 aromatic carbocycles. The summed E-state index contributed by atoms with van der Waals surface area (Å²) in [6.07, 6.45) is -6.02. The number of carbonyl (C=O) groups excluding carboxylic acids is 2. The van der Waals surface area contributed by atoms with Crippen molar-refractivity contribution in [2.24, 2.45) is 0 Å². The summed E-state index contributed by atoms with van der Waals surface area (Å²) in [6.45, 7) is 0.329. The number of rotatable bonds is 7. The van der Waals surface area contributed by atoms with Crippen LogP contribution in [0, 0.1) is 0 Å². The minimum absolute atomic E-state index is 0.0440. The van der Waals surface area contributed by atoms with Crippen LogP contribution in [0.15, 0.2) is 53.4 Å². The number of Topliss-reactive ketones (excluding diaryl/α,β-unsaturated/α-hetero) is 1. The lowest BCUT2D eigenvalue weighted by Crippen LogP contribution is -2.34. The lowest BCUT2D eigenvalue weighted by molar-refractivity contribution is -0.131. The van der Waals surface area contributed by atoms with Crippen molar-refractivity contribution in [3.63, 3.8) is 0 Å². The van der Waals surface area contributed by atoms with Gasteiger partial charge in [0.25, 0.3) is 10.0 Å². The summed E-state index contributed by atoms with van der Waals surface area (Å²) in [6, 6.07) is 11.3. The second-order valence-electron chi connectivity index (χ2n) is 6.79. The Kier molecular flexibility index (Phi) is 6.61. The van der Waals surface area contributed by atoms with Crippen LogP contribution in [0.1, 0.15) is 34.1 Å². The molecule has 0 radical (unpaired) electrons. The number of halogens is 3.